The van der Waals surface area contributed by atoms with E-state index in [1.54, 1.807) is 24.3 Å². The van der Waals surface area contributed by atoms with Crippen LogP contribution in [0.25, 0.3) is 0 Å². The summed E-state index contributed by atoms with van der Waals surface area (Å²) in [5, 5.41) is 13.8. The molecule has 1 saturated carbocycles. The average molecular weight is 288 g/mol. The van der Waals surface area contributed by atoms with E-state index in [0.717, 1.165) is 12.8 Å². The first-order valence-electron chi connectivity index (χ1n) is 7.12. The monoisotopic (exact) mass is 288 g/mol. The largest absolute Gasteiger partial charge is 0.550 e. The number of hydrogen-bond donors (Lipinski definition) is 1. The van der Waals surface area contributed by atoms with E-state index >= 15 is 0 Å². The fourth-order valence-corrected chi connectivity index (χ4v) is 2.75. The molecule has 1 fully saturated rings. The lowest BCUT2D eigenvalue weighted by atomic mass is 9.78. The van der Waals surface area contributed by atoms with Gasteiger partial charge in [0, 0.05) is 29.1 Å². The number of amides is 1. The molecule has 5 nitrogen and oxygen atoms in total. The first kappa shape index (κ1) is 15.2. The van der Waals surface area contributed by atoms with Gasteiger partial charge in [0.2, 0.25) is 5.91 Å². The Morgan fingerprint density at radius 2 is 1.62 bits per heavy atom. The second-order valence-electron chi connectivity index (χ2n) is 5.44. The van der Waals surface area contributed by atoms with Crippen LogP contribution in [0.4, 0.5) is 5.69 Å². The third-order valence-corrected chi connectivity index (χ3v) is 3.96. The van der Waals surface area contributed by atoms with Gasteiger partial charge >= 0.3 is 0 Å². The summed E-state index contributed by atoms with van der Waals surface area (Å²) >= 11 is 0. The first-order valence-corrected chi connectivity index (χ1v) is 7.12. The molecular formula is C16H18NO4-. The second kappa shape index (κ2) is 6.52. The molecule has 2 atom stereocenters. The zero-order valence-electron chi connectivity index (χ0n) is 11.9. The predicted molar refractivity (Wildman–Crippen MR) is 75.5 cm³/mol. The summed E-state index contributed by atoms with van der Waals surface area (Å²) in [6, 6.07) is 6.56. The van der Waals surface area contributed by atoms with Crippen molar-refractivity contribution in [3.8, 4) is 0 Å². The minimum atomic E-state index is -1.15. The van der Waals surface area contributed by atoms with Gasteiger partial charge in [-0.05, 0) is 44.0 Å². The van der Waals surface area contributed by atoms with Crippen molar-refractivity contribution >= 4 is 23.3 Å². The normalized spacial score (nSPS) is 21.6. The van der Waals surface area contributed by atoms with Crippen molar-refractivity contribution in [2.45, 2.75) is 32.6 Å². The smallest absolute Gasteiger partial charge is 0.228 e. The number of rotatable bonds is 4. The molecular weight excluding hydrogens is 270 g/mol. The van der Waals surface area contributed by atoms with Crippen molar-refractivity contribution in [3.63, 3.8) is 0 Å². The Morgan fingerprint density at radius 1 is 1.05 bits per heavy atom. The number of ketones is 1. The molecule has 0 saturated heterocycles. The Balaban J connectivity index is 2.05. The summed E-state index contributed by atoms with van der Waals surface area (Å²) < 4.78 is 0. The highest BCUT2D eigenvalue weighted by Gasteiger charge is 2.31. The molecule has 2 rings (SSSR count). The minimum absolute atomic E-state index is 0.0443. The number of carboxylic acid groups (broad SMARTS) is 1. The summed E-state index contributed by atoms with van der Waals surface area (Å²) in [4.78, 5) is 34.5. The van der Waals surface area contributed by atoms with E-state index in [1.807, 2.05) is 0 Å². The number of benzene rings is 1. The molecule has 0 unspecified atom stereocenters. The van der Waals surface area contributed by atoms with Gasteiger partial charge in [-0.15, -0.1) is 0 Å². The van der Waals surface area contributed by atoms with Gasteiger partial charge in [-0.1, -0.05) is 12.8 Å². The maximum Gasteiger partial charge on any atom is 0.228 e. The molecule has 0 spiro atoms. The van der Waals surface area contributed by atoms with Crippen LogP contribution < -0.4 is 10.4 Å². The molecule has 112 valence electrons. The average Bonchev–Trinajstić information content (AvgIpc) is 2.47. The summed E-state index contributed by atoms with van der Waals surface area (Å²) in [5.41, 5.74) is 1.13. The summed E-state index contributed by atoms with van der Waals surface area (Å²) in [6.07, 6.45) is 2.72. The lowest BCUT2D eigenvalue weighted by molar-refractivity contribution is -0.313. The summed E-state index contributed by atoms with van der Waals surface area (Å²) in [6.45, 7) is 1.47. The van der Waals surface area contributed by atoms with Gasteiger partial charge < -0.3 is 15.2 Å². The maximum atomic E-state index is 12.2. The van der Waals surface area contributed by atoms with E-state index < -0.39 is 17.8 Å². The zero-order valence-corrected chi connectivity index (χ0v) is 11.9. The minimum Gasteiger partial charge on any atom is -0.550 e. The van der Waals surface area contributed by atoms with E-state index in [1.165, 1.54) is 6.92 Å². The molecule has 1 amide bonds. The van der Waals surface area contributed by atoms with Gasteiger partial charge in [-0.3, -0.25) is 9.59 Å². The fraction of sp³-hybridized carbons (Fsp3) is 0.438. The number of anilines is 1. The van der Waals surface area contributed by atoms with E-state index in [2.05, 4.69) is 5.32 Å². The van der Waals surface area contributed by atoms with Gasteiger partial charge in [0.25, 0.3) is 0 Å². The standard InChI is InChI=1S/C16H19NO4/c1-10(18)11-6-8-12(9-7-11)17-15(19)13-4-2-3-5-14(13)16(20)21/h6-9,13-14H,2-5H2,1H3,(H,17,19)(H,20,21)/p-1/t13-,14+/m0/s1. The van der Waals surface area contributed by atoms with Crippen molar-refractivity contribution in [1.82, 2.24) is 0 Å². The molecule has 0 heterocycles. The van der Waals surface area contributed by atoms with Crippen molar-refractivity contribution < 1.29 is 19.5 Å². The highest BCUT2D eigenvalue weighted by Crippen LogP contribution is 2.30. The second-order valence-corrected chi connectivity index (χ2v) is 5.44. The van der Waals surface area contributed by atoms with Crippen LogP contribution in [0.2, 0.25) is 0 Å². The third kappa shape index (κ3) is 3.68. The van der Waals surface area contributed by atoms with Crippen LogP contribution in [-0.2, 0) is 9.59 Å². The fourth-order valence-electron chi connectivity index (χ4n) is 2.75. The molecule has 1 N–H and O–H groups in total. The van der Waals surface area contributed by atoms with Crippen molar-refractivity contribution in [2.24, 2.45) is 11.8 Å². The zero-order chi connectivity index (χ0) is 15.4. The SMILES string of the molecule is CC(=O)c1ccc(NC(=O)[C@H]2CCCC[C@H]2C(=O)[O-])cc1. The highest BCUT2D eigenvalue weighted by molar-refractivity contribution is 5.97. The summed E-state index contributed by atoms with van der Waals surface area (Å²) in [5.74, 6) is -2.75. The first-order chi connectivity index (χ1) is 9.99. The molecule has 1 aromatic rings. The molecule has 1 aromatic carbocycles. The van der Waals surface area contributed by atoms with Gasteiger partial charge in [-0.2, -0.15) is 0 Å². The van der Waals surface area contributed by atoms with Crippen LogP contribution in [0.1, 0.15) is 43.0 Å². The van der Waals surface area contributed by atoms with E-state index in [9.17, 15) is 19.5 Å². The number of Topliss-reactive ketones (excluding diaryl/α,β-unsaturated/α-hetero) is 1. The number of carbonyl (C=O) groups is 3. The molecule has 1 aliphatic carbocycles. The Morgan fingerprint density at radius 3 is 2.14 bits per heavy atom. The summed E-state index contributed by atoms with van der Waals surface area (Å²) in [7, 11) is 0. The molecule has 1 aliphatic rings. The Kier molecular flexibility index (Phi) is 4.73. The van der Waals surface area contributed by atoms with E-state index in [-0.39, 0.29) is 11.7 Å². The Bertz CT molecular complexity index is 550. The van der Waals surface area contributed by atoms with Gasteiger partial charge in [0.05, 0.1) is 0 Å². The van der Waals surface area contributed by atoms with Crippen LogP contribution in [0.15, 0.2) is 24.3 Å². The highest BCUT2D eigenvalue weighted by atomic mass is 16.4. The van der Waals surface area contributed by atoms with Gasteiger partial charge in [-0.25, -0.2) is 0 Å². The van der Waals surface area contributed by atoms with Crippen LogP contribution in [-0.4, -0.2) is 17.7 Å². The predicted octanol–water partition coefficient (Wildman–Crippen LogP) is 1.38. The molecule has 0 radical (unpaired) electrons. The molecule has 21 heavy (non-hydrogen) atoms. The molecule has 0 bridgehead atoms. The molecule has 5 heteroatoms. The van der Waals surface area contributed by atoms with Crippen molar-refractivity contribution in [2.75, 3.05) is 5.32 Å². The number of carboxylic acids is 1. The van der Waals surface area contributed by atoms with Gasteiger partial charge in [0.1, 0.15) is 0 Å². The van der Waals surface area contributed by atoms with Gasteiger partial charge in [0.15, 0.2) is 5.78 Å². The lowest BCUT2D eigenvalue weighted by Gasteiger charge is -2.31. The van der Waals surface area contributed by atoms with Crippen LogP contribution >= 0.6 is 0 Å². The molecule has 0 aliphatic heterocycles. The van der Waals surface area contributed by atoms with Crippen LogP contribution in [0, 0.1) is 11.8 Å². The van der Waals surface area contributed by atoms with E-state index in [4.69, 9.17) is 0 Å². The van der Waals surface area contributed by atoms with Crippen molar-refractivity contribution in [1.29, 1.82) is 0 Å². The third-order valence-electron chi connectivity index (χ3n) is 3.96. The Labute approximate surface area is 123 Å². The maximum absolute atomic E-state index is 12.2. The lowest BCUT2D eigenvalue weighted by Crippen LogP contribution is -2.42. The molecule has 0 aromatic heterocycles. The Hall–Kier alpha value is -2.17. The number of hydrogen-bond acceptors (Lipinski definition) is 4. The number of aliphatic carboxylic acids is 1. The topological polar surface area (TPSA) is 86.3 Å². The van der Waals surface area contributed by atoms with Crippen molar-refractivity contribution in [3.05, 3.63) is 29.8 Å². The van der Waals surface area contributed by atoms with Crippen LogP contribution in [0.5, 0.6) is 0 Å². The number of nitrogens with one attached hydrogen (secondary N) is 1. The quantitative estimate of drug-likeness (QED) is 0.848. The van der Waals surface area contributed by atoms with Crippen LogP contribution in [0.3, 0.4) is 0 Å². The van der Waals surface area contributed by atoms with E-state index in [0.29, 0.717) is 24.1 Å². The number of carbonyl (C=O) groups excluding carboxylic acids is 3.